The number of hydrazine groups is 1. The molecule has 2 aliphatic carbocycles. The zero-order valence-electron chi connectivity index (χ0n) is 15.5. The number of benzene rings is 1. The van der Waals surface area contributed by atoms with Gasteiger partial charge in [0.1, 0.15) is 5.69 Å². The molecule has 0 atom stereocenters. The molecule has 0 unspecified atom stereocenters. The predicted molar refractivity (Wildman–Crippen MR) is 105 cm³/mol. The van der Waals surface area contributed by atoms with E-state index < -0.39 is 0 Å². The van der Waals surface area contributed by atoms with Gasteiger partial charge >= 0.3 is 0 Å². The van der Waals surface area contributed by atoms with E-state index in [9.17, 15) is 4.79 Å². The van der Waals surface area contributed by atoms with Crippen LogP contribution in [0.5, 0.6) is 0 Å². The number of nitrogen functional groups attached to an aromatic ring is 1. The third kappa shape index (κ3) is 3.35. The van der Waals surface area contributed by atoms with E-state index in [-0.39, 0.29) is 5.91 Å². The minimum atomic E-state index is -0.299. The number of fused-ring (bicyclic) bond motifs is 1. The maximum atomic E-state index is 12.2. The summed E-state index contributed by atoms with van der Waals surface area (Å²) in [5.41, 5.74) is 6.43. The van der Waals surface area contributed by atoms with Crippen LogP contribution in [0, 0.1) is 0 Å². The van der Waals surface area contributed by atoms with Gasteiger partial charge in [0.25, 0.3) is 5.91 Å². The number of nitrogens with one attached hydrogen (secondary N) is 1. The third-order valence-electron chi connectivity index (χ3n) is 6.35. The van der Waals surface area contributed by atoms with E-state index >= 15 is 0 Å². The Morgan fingerprint density at radius 3 is 2.15 bits per heavy atom. The van der Waals surface area contributed by atoms with Crippen molar-refractivity contribution in [2.75, 3.05) is 0 Å². The second-order valence-electron chi connectivity index (χ2n) is 7.98. The van der Waals surface area contributed by atoms with Gasteiger partial charge in [0.05, 0.1) is 5.52 Å². The topological polar surface area (TPSA) is 68.0 Å². The molecular weight excluding hydrogens is 322 g/mol. The molecule has 4 heteroatoms. The molecule has 2 fully saturated rings. The highest BCUT2D eigenvalue weighted by Gasteiger charge is 2.25. The molecule has 0 aliphatic heterocycles. The van der Waals surface area contributed by atoms with Crippen LogP contribution in [0.4, 0.5) is 0 Å². The van der Waals surface area contributed by atoms with Crippen molar-refractivity contribution in [3.63, 3.8) is 0 Å². The van der Waals surface area contributed by atoms with Gasteiger partial charge in [0.15, 0.2) is 0 Å². The van der Waals surface area contributed by atoms with Crippen LogP contribution in [-0.2, 0) is 0 Å². The number of carbonyl (C=O) groups is 1. The van der Waals surface area contributed by atoms with Crippen LogP contribution in [0.15, 0.2) is 24.3 Å². The van der Waals surface area contributed by atoms with Crippen molar-refractivity contribution < 1.29 is 4.79 Å². The minimum Gasteiger partial charge on any atom is -0.289 e. The SMILES string of the molecule is NNC(=O)c1cc(C2CCCCC2)c2c(C3CCCCC3)cccc2n1. The number of nitrogens with zero attached hydrogens (tertiary/aromatic N) is 1. The maximum absolute atomic E-state index is 12.2. The van der Waals surface area contributed by atoms with E-state index in [1.807, 2.05) is 6.07 Å². The molecule has 0 saturated heterocycles. The van der Waals surface area contributed by atoms with Crippen molar-refractivity contribution in [1.82, 2.24) is 10.4 Å². The molecule has 4 nitrogen and oxygen atoms in total. The lowest BCUT2D eigenvalue weighted by Crippen LogP contribution is -2.31. The highest BCUT2D eigenvalue weighted by Crippen LogP contribution is 2.42. The fourth-order valence-electron chi connectivity index (χ4n) is 5.03. The van der Waals surface area contributed by atoms with Crippen molar-refractivity contribution in [3.8, 4) is 0 Å². The first kappa shape index (κ1) is 17.5. The summed E-state index contributed by atoms with van der Waals surface area (Å²) >= 11 is 0. The molecular formula is C22H29N3O. The highest BCUT2D eigenvalue weighted by atomic mass is 16.2. The fourth-order valence-corrected chi connectivity index (χ4v) is 5.03. The van der Waals surface area contributed by atoms with Gasteiger partial charge in [-0.25, -0.2) is 10.8 Å². The van der Waals surface area contributed by atoms with Crippen molar-refractivity contribution >= 4 is 16.8 Å². The first-order chi connectivity index (χ1) is 12.8. The lowest BCUT2D eigenvalue weighted by Gasteiger charge is -2.28. The monoisotopic (exact) mass is 351 g/mol. The summed E-state index contributed by atoms with van der Waals surface area (Å²) in [5.74, 6) is 6.25. The van der Waals surface area contributed by atoms with E-state index in [0.717, 1.165) is 5.52 Å². The van der Waals surface area contributed by atoms with E-state index in [2.05, 4.69) is 28.6 Å². The molecule has 1 heterocycles. The Balaban J connectivity index is 1.88. The quantitative estimate of drug-likeness (QED) is 0.468. The number of pyridine rings is 1. The highest BCUT2D eigenvalue weighted by molar-refractivity contribution is 5.96. The second kappa shape index (κ2) is 7.75. The Labute approximate surface area is 155 Å². The normalized spacial score (nSPS) is 19.6. The molecule has 26 heavy (non-hydrogen) atoms. The number of hydrogen-bond acceptors (Lipinski definition) is 3. The van der Waals surface area contributed by atoms with Crippen LogP contribution in [-0.4, -0.2) is 10.9 Å². The van der Waals surface area contributed by atoms with Crippen molar-refractivity contribution in [1.29, 1.82) is 0 Å². The minimum absolute atomic E-state index is 0.299. The summed E-state index contributed by atoms with van der Waals surface area (Å²) in [6.07, 6.45) is 12.8. The van der Waals surface area contributed by atoms with Crippen LogP contribution in [0.3, 0.4) is 0 Å². The number of hydrogen-bond donors (Lipinski definition) is 2. The Kier molecular flexibility index (Phi) is 5.21. The standard InChI is InChI=1S/C22H29N3O/c23-25-22(26)20-14-18(16-10-5-2-6-11-16)21-17(12-7-13-19(21)24-20)15-8-3-1-4-9-15/h7,12-16H,1-6,8-11,23H2,(H,25,26). The molecule has 1 aromatic carbocycles. The fraction of sp³-hybridized carbons (Fsp3) is 0.545. The summed E-state index contributed by atoms with van der Waals surface area (Å²) < 4.78 is 0. The molecule has 3 N–H and O–H groups in total. The van der Waals surface area contributed by atoms with Gasteiger partial charge in [-0.2, -0.15) is 0 Å². The van der Waals surface area contributed by atoms with Crippen LogP contribution in [0.2, 0.25) is 0 Å². The predicted octanol–water partition coefficient (Wildman–Crippen LogP) is 4.93. The molecule has 2 aromatic rings. The largest absolute Gasteiger partial charge is 0.289 e. The zero-order valence-corrected chi connectivity index (χ0v) is 15.5. The number of nitrogens with two attached hydrogens (primary N) is 1. The van der Waals surface area contributed by atoms with Crippen LogP contribution >= 0.6 is 0 Å². The number of carbonyl (C=O) groups excluding carboxylic acids is 1. The van der Waals surface area contributed by atoms with Crippen molar-refractivity contribution in [3.05, 3.63) is 41.1 Å². The van der Waals surface area contributed by atoms with Gasteiger partial charge in [-0.3, -0.25) is 10.2 Å². The maximum Gasteiger partial charge on any atom is 0.283 e. The average Bonchev–Trinajstić information content (AvgIpc) is 2.73. The first-order valence-corrected chi connectivity index (χ1v) is 10.2. The molecule has 1 aromatic heterocycles. The summed E-state index contributed by atoms with van der Waals surface area (Å²) in [5, 5.41) is 1.32. The van der Waals surface area contributed by atoms with Gasteiger partial charge in [-0.15, -0.1) is 0 Å². The second-order valence-corrected chi connectivity index (χ2v) is 7.98. The number of aromatic nitrogens is 1. The van der Waals surface area contributed by atoms with E-state index in [1.165, 1.54) is 80.7 Å². The van der Waals surface area contributed by atoms with Crippen molar-refractivity contribution in [2.45, 2.75) is 76.0 Å². The summed E-state index contributed by atoms with van der Waals surface area (Å²) in [6, 6.07) is 8.48. The Hall–Kier alpha value is -1.94. The zero-order chi connectivity index (χ0) is 17.9. The molecule has 0 bridgehead atoms. The lowest BCUT2D eigenvalue weighted by atomic mass is 9.77. The molecule has 2 aliphatic rings. The Bertz CT molecular complexity index is 789. The molecule has 0 radical (unpaired) electrons. The van der Waals surface area contributed by atoms with Gasteiger partial charge in [0.2, 0.25) is 0 Å². The van der Waals surface area contributed by atoms with Crippen LogP contribution in [0.25, 0.3) is 10.9 Å². The average molecular weight is 351 g/mol. The Morgan fingerprint density at radius 2 is 1.54 bits per heavy atom. The van der Waals surface area contributed by atoms with Crippen LogP contribution < -0.4 is 11.3 Å². The lowest BCUT2D eigenvalue weighted by molar-refractivity contribution is 0.0949. The van der Waals surface area contributed by atoms with E-state index in [4.69, 9.17) is 5.84 Å². The van der Waals surface area contributed by atoms with Gasteiger partial charge in [-0.1, -0.05) is 50.7 Å². The third-order valence-corrected chi connectivity index (χ3v) is 6.35. The van der Waals surface area contributed by atoms with Gasteiger partial charge < -0.3 is 0 Å². The molecule has 138 valence electrons. The number of rotatable bonds is 3. The summed E-state index contributed by atoms with van der Waals surface area (Å²) in [6.45, 7) is 0. The van der Waals surface area contributed by atoms with Gasteiger partial charge in [0, 0.05) is 5.39 Å². The molecule has 2 saturated carbocycles. The first-order valence-electron chi connectivity index (χ1n) is 10.2. The molecule has 4 rings (SSSR count). The van der Waals surface area contributed by atoms with Gasteiger partial charge in [-0.05, 0) is 60.8 Å². The van der Waals surface area contributed by atoms with Crippen LogP contribution in [0.1, 0.15) is 97.7 Å². The Morgan fingerprint density at radius 1 is 0.923 bits per heavy atom. The van der Waals surface area contributed by atoms with Crippen molar-refractivity contribution in [2.24, 2.45) is 5.84 Å². The summed E-state index contributed by atoms with van der Waals surface area (Å²) in [4.78, 5) is 16.8. The van der Waals surface area contributed by atoms with E-state index in [1.54, 1.807) is 0 Å². The number of amides is 1. The van der Waals surface area contributed by atoms with E-state index in [0.29, 0.717) is 17.5 Å². The smallest absolute Gasteiger partial charge is 0.283 e. The summed E-state index contributed by atoms with van der Waals surface area (Å²) in [7, 11) is 0. The molecule has 0 spiro atoms. The molecule has 1 amide bonds.